The van der Waals surface area contributed by atoms with Crippen molar-refractivity contribution in [3.8, 4) is 5.75 Å². The minimum absolute atomic E-state index is 0.235. The maximum absolute atomic E-state index is 12.7. The van der Waals surface area contributed by atoms with Crippen LogP contribution in [0, 0.1) is 6.92 Å². The van der Waals surface area contributed by atoms with Gasteiger partial charge in [-0.2, -0.15) is 0 Å². The first-order valence-electron chi connectivity index (χ1n) is 7.31. The van der Waals surface area contributed by atoms with Gasteiger partial charge in [0, 0.05) is 5.02 Å². The van der Waals surface area contributed by atoms with Gasteiger partial charge in [-0.15, -0.1) is 0 Å². The van der Waals surface area contributed by atoms with Crippen LogP contribution in [0.3, 0.4) is 0 Å². The van der Waals surface area contributed by atoms with Gasteiger partial charge in [0.05, 0.1) is 17.5 Å². The fourth-order valence-electron chi connectivity index (χ4n) is 2.59. The molecule has 0 saturated heterocycles. The molecular weight excluding hydrogens is 334 g/mol. The fraction of sp³-hybridized carbons (Fsp3) is 0.294. The van der Waals surface area contributed by atoms with E-state index in [1.807, 2.05) is 24.3 Å². The van der Waals surface area contributed by atoms with E-state index in [4.69, 9.17) is 16.3 Å². The van der Waals surface area contributed by atoms with Crippen molar-refractivity contribution in [1.82, 2.24) is 4.72 Å². The maximum Gasteiger partial charge on any atom is 0.241 e. The molecule has 0 radical (unpaired) electrons. The van der Waals surface area contributed by atoms with Crippen LogP contribution in [-0.2, 0) is 15.6 Å². The largest absolute Gasteiger partial charge is 0.497 e. The number of hydrogen-bond acceptors (Lipinski definition) is 3. The van der Waals surface area contributed by atoms with Crippen molar-refractivity contribution < 1.29 is 13.2 Å². The normalized spacial score (nSPS) is 16.1. The molecule has 0 aliphatic heterocycles. The average Bonchev–Trinajstić information content (AvgIpc) is 3.30. The van der Waals surface area contributed by atoms with Crippen molar-refractivity contribution >= 4 is 21.6 Å². The second kappa shape index (κ2) is 5.82. The average molecular weight is 352 g/mol. The van der Waals surface area contributed by atoms with Crippen LogP contribution in [0.25, 0.3) is 0 Å². The molecule has 4 nitrogen and oxygen atoms in total. The van der Waals surface area contributed by atoms with E-state index in [1.165, 1.54) is 6.07 Å². The molecule has 2 aromatic rings. The van der Waals surface area contributed by atoms with Gasteiger partial charge < -0.3 is 4.74 Å². The fourth-order valence-corrected chi connectivity index (χ4v) is 4.24. The second-order valence-corrected chi connectivity index (χ2v) is 7.92. The Bertz CT molecular complexity index is 827. The van der Waals surface area contributed by atoms with Gasteiger partial charge in [0.2, 0.25) is 10.0 Å². The zero-order valence-corrected chi connectivity index (χ0v) is 14.5. The summed E-state index contributed by atoms with van der Waals surface area (Å²) in [5, 5.41) is 0.556. The van der Waals surface area contributed by atoms with Gasteiger partial charge in [0.15, 0.2) is 0 Å². The maximum atomic E-state index is 12.7. The number of aryl methyl sites for hydroxylation is 1. The number of rotatable bonds is 5. The van der Waals surface area contributed by atoms with Crippen LogP contribution in [-0.4, -0.2) is 15.5 Å². The first kappa shape index (κ1) is 16.3. The Morgan fingerprint density at radius 1 is 1.13 bits per heavy atom. The molecule has 0 bridgehead atoms. The highest BCUT2D eigenvalue weighted by molar-refractivity contribution is 7.89. The molecule has 0 spiro atoms. The Kier molecular flexibility index (Phi) is 4.12. The molecule has 1 saturated carbocycles. The molecule has 0 unspecified atom stereocenters. The lowest BCUT2D eigenvalue weighted by atomic mass is 10.1. The van der Waals surface area contributed by atoms with Gasteiger partial charge >= 0.3 is 0 Å². The Balaban J connectivity index is 1.88. The highest BCUT2D eigenvalue weighted by Gasteiger charge is 2.47. The Morgan fingerprint density at radius 2 is 1.78 bits per heavy atom. The standard InChI is InChI=1S/C17H18ClNO3S/c1-12-11-15(7-8-16(12)18)23(20,21)19-17(9-10-17)13-3-5-14(22-2)6-4-13/h3-8,11,19H,9-10H2,1-2H3. The van der Waals surface area contributed by atoms with Crippen molar-refractivity contribution in [1.29, 1.82) is 0 Å². The number of sulfonamides is 1. The molecule has 6 heteroatoms. The molecule has 3 rings (SSSR count). The molecule has 0 heterocycles. The van der Waals surface area contributed by atoms with Crippen LogP contribution < -0.4 is 9.46 Å². The van der Waals surface area contributed by atoms with Crippen molar-refractivity contribution in [3.05, 3.63) is 58.6 Å². The smallest absolute Gasteiger partial charge is 0.241 e. The summed E-state index contributed by atoms with van der Waals surface area (Å²) in [4.78, 5) is 0.235. The molecule has 1 aliphatic carbocycles. The molecule has 122 valence electrons. The van der Waals surface area contributed by atoms with Crippen molar-refractivity contribution in [3.63, 3.8) is 0 Å². The number of ether oxygens (including phenoxy) is 1. The third-order valence-corrected chi connectivity index (χ3v) is 6.12. The number of hydrogen-bond donors (Lipinski definition) is 1. The van der Waals surface area contributed by atoms with Crippen LogP contribution in [0.2, 0.25) is 5.02 Å². The van der Waals surface area contributed by atoms with Crippen LogP contribution in [0.1, 0.15) is 24.0 Å². The summed E-state index contributed by atoms with van der Waals surface area (Å²) in [6.07, 6.45) is 1.57. The molecule has 1 N–H and O–H groups in total. The van der Waals surface area contributed by atoms with E-state index < -0.39 is 15.6 Å². The summed E-state index contributed by atoms with van der Waals surface area (Å²) in [5.41, 5.74) is 1.18. The minimum atomic E-state index is -3.60. The third-order valence-electron chi connectivity index (χ3n) is 4.16. The highest BCUT2D eigenvalue weighted by atomic mass is 35.5. The van der Waals surface area contributed by atoms with Gasteiger partial charge in [-0.1, -0.05) is 23.7 Å². The van der Waals surface area contributed by atoms with Crippen LogP contribution in [0.4, 0.5) is 0 Å². The number of methoxy groups -OCH3 is 1. The predicted molar refractivity (Wildman–Crippen MR) is 90.4 cm³/mol. The lowest BCUT2D eigenvalue weighted by molar-refractivity contribution is 0.414. The number of benzene rings is 2. The molecular formula is C17H18ClNO3S. The Morgan fingerprint density at radius 3 is 2.30 bits per heavy atom. The molecule has 0 aromatic heterocycles. The highest BCUT2D eigenvalue weighted by Crippen LogP contribution is 2.46. The van der Waals surface area contributed by atoms with Crippen molar-refractivity contribution in [2.24, 2.45) is 0 Å². The first-order chi connectivity index (χ1) is 10.9. The molecule has 0 amide bonds. The lowest BCUT2D eigenvalue weighted by Crippen LogP contribution is -2.34. The summed E-state index contributed by atoms with van der Waals surface area (Å²) in [6, 6.07) is 12.2. The third kappa shape index (κ3) is 3.22. The monoisotopic (exact) mass is 351 g/mol. The van der Waals surface area contributed by atoms with Crippen LogP contribution >= 0.6 is 11.6 Å². The topological polar surface area (TPSA) is 55.4 Å². The van der Waals surface area contributed by atoms with Crippen LogP contribution in [0.5, 0.6) is 5.75 Å². The molecule has 23 heavy (non-hydrogen) atoms. The van der Waals surface area contributed by atoms with Gasteiger partial charge in [-0.05, 0) is 61.2 Å². The number of nitrogens with one attached hydrogen (secondary N) is 1. The predicted octanol–water partition coefficient (Wildman–Crippen LogP) is 3.62. The summed E-state index contributed by atoms with van der Waals surface area (Å²) in [6.45, 7) is 1.79. The lowest BCUT2D eigenvalue weighted by Gasteiger charge is -2.18. The SMILES string of the molecule is COc1ccc(C2(NS(=O)(=O)c3ccc(Cl)c(C)c3)CC2)cc1. The van der Waals surface area contributed by atoms with Gasteiger partial charge in [-0.3, -0.25) is 0 Å². The molecule has 2 aromatic carbocycles. The summed E-state index contributed by atoms with van der Waals surface area (Å²) >= 11 is 5.97. The summed E-state index contributed by atoms with van der Waals surface area (Å²) < 4.78 is 33.3. The molecule has 1 fully saturated rings. The van der Waals surface area contributed by atoms with E-state index in [0.29, 0.717) is 5.02 Å². The molecule has 1 aliphatic rings. The second-order valence-electron chi connectivity index (χ2n) is 5.83. The van der Waals surface area contributed by atoms with E-state index in [2.05, 4.69) is 4.72 Å². The van der Waals surface area contributed by atoms with E-state index in [9.17, 15) is 8.42 Å². The molecule has 0 atom stereocenters. The van der Waals surface area contributed by atoms with Crippen molar-refractivity contribution in [2.75, 3.05) is 7.11 Å². The van der Waals surface area contributed by atoms with Gasteiger partial charge in [0.1, 0.15) is 5.75 Å². The Hall–Kier alpha value is -1.56. The van der Waals surface area contributed by atoms with E-state index in [-0.39, 0.29) is 4.90 Å². The first-order valence-corrected chi connectivity index (χ1v) is 9.17. The zero-order chi connectivity index (χ0) is 16.7. The van der Waals surface area contributed by atoms with E-state index in [1.54, 1.807) is 26.2 Å². The number of halogens is 1. The van der Waals surface area contributed by atoms with E-state index >= 15 is 0 Å². The summed E-state index contributed by atoms with van der Waals surface area (Å²) in [5.74, 6) is 0.751. The minimum Gasteiger partial charge on any atom is -0.497 e. The summed E-state index contributed by atoms with van der Waals surface area (Å²) in [7, 11) is -1.99. The van der Waals surface area contributed by atoms with E-state index in [0.717, 1.165) is 29.7 Å². The van der Waals surface area contributed by atoms with Gasteiger partial charge in [0.25, 0.3) is 0 Å². The van der Waals surface area contributed by atoms with Gasteiger partial charge in [-0.25, -0.2) is 13.1 Å². The quantitative estimate of drug-likeness (QED) is 0.895. The Labute approximate surface area is 141 Å². The zero-order valence-electron chi connectivity index (χ0n) is 13.0. The van der Waals surface area contributed by atoms with Crippen LogP contribution in [0.15, 0.2) is 47.4 Å². The van der Waals surface area contributed by atoms with Crippen molar-refractivity contribution in [2.45, 2.75) is 30.2 Å².